The highest BCUT2D eigenvalue weighted by Crippen LogP contribution is 2.17. The first kappa shape index (κ1) is 12.5. The molecule has 2 rings (SSSR count). The van der Waals surface area contributed by atoms with Crippen LogP contribution in [-0.2, 0) is 11.3 Å². The minimum atomic E-state index is 0.216. The molecule has 0 aliphatic carbocycles. The van der Waals surface area contributed by atoms with Crippen molar-refractivity contribution in [1.82, 2.24) is 0 Å². The van der Waals surface area contributed by atoms with E-state index in [2.05, 4.69) is 31.9 Å². The lowest BCUT2D eigenvalue weighted by Crippen LogP contribution is -2.24. The summed E-state index contributed by atoms with van der Waals surface area (Å²) in [5.41, 5.74) is 2.59. The van der Waals surface area contributed by atoms with E-state index in [0.29, 0.717) is 0 Å². The Morgan fingerprint density at radius 1 is 1.29 bits per heavy atom. The molecule has 0 radical (unpaired) electrons. The molecule has 0 atom stereocenters. The lowest BCUT2D eigenvalue weighted by atomic mass is 9.64. The molecule has 92 valence electrons. The first-order valence-corrected chi connectivity index (χ1v) is 6.68. The predicted molar refractivity (Wildman–Crippen MR) is 72.1 cm³/mol. The molecule has 0 spiro atoms. The monoisotopic (exact) mass is 232 g/mol. The van der Waals surface area contributed by atoms with Crippen LogP contribution in [0.15, 0.2) is 18.2 Å². The number of fused-ring (bicyclic) bond motifs is 1. The van der Waals surface area contributed by atoms with Crippen LogP contribution in [0.25, 0.3) is 0 Å². The van der Waals surface area contributed by atoms with Crippen LogP contribution < -0.4 is 10.2 Å². The van der Waals surface area contributed by atoms with E-state index < -0.39 is 0 Å². The average Bonchev–Trinajstić information content (AvgIpc) is 2.71. The highest BCUT2D eigenvalue weighted by atomic mass is 16.5. The van der Waals surface area contributed by atoms with E-state index in [1.165, 1.54) is 30.3 Å². The first-order valence-electron chi connectivity index (χ1n) is 6.68. The van der Waals surface area contributed by atoms with Crippen molar-refractivity contribution in [3.63, 3.8) is 0 Å². The van der Waals surface area contributed by atoms with Crippen molar-refractivity contribution in [2.24, 2.45) is 0 Å². The molecule has 2 nitrogen and oxygen atoms in total. The van der Waals surface area contributed by atoms with Crippen LogP contribution in [0.2, 0.25) is 6.82 Å². The summed E-state index contributed by atoms with van der Waals surface area (Å²) in [5.74, 6) is 0.984. The smallest absolute Gasteiger partial charge is 0.324 e. The lowest BCUT2D eigenvalue weighted by molar-refractivity contribution is 0.305. The third kappa shape index (κ3) is 3.26. The summed E-state index contributed by atoms with van der Waals surface area (Å²) in [6.07, 6.45) is 4.99. The number of unbranched alkanes of at least 4 members (excludes halogenated alkanes) is 3. The lowest BCUT2D eigenvalue weighted by Gasteiger charge is -2.08. The van der Waals surface area contributed by atoms with Gasteiger partial charge in [0, 0.05) is 0 Å². The molecule has 0 saturated carbocycles. The standard InChI is InChI=1S/C14H21BO2/c1-3-4-5-6-9-16-13-8-7-12-11-17-15(2)14(12)10-13/h7-8,10H,3-6,9,11H2,1-2H3. The van der Waals surface area contributed by atoms with Gasteiger partial charge < -0.3 is 9.39 Å². The topological polar surface area (TPSA) is 18.5 Å². The summed E-state index contributed by atoms with van der Waals surface area (Å²) in [6, 6.07) is 6.31. The van der Waals surface area contributed by atoms with Crippen molar-refractivity contribution in [2.45, 2.75) is 46.0 Å². The number of hydrogen-bond donors (Lipinski definition) is 0. The van der Waals surface area contributed by atoms with Gasteiger partial charge in [0.05, 0.1) is 13.2 Å². The van der Waals surface area contributed by atoms with Gasteiger partial charge in [-0.15, -0.1) is 0 Å². The van der Waals surface area contributed by atoms with Gasteiger partial charge in [-0.1, -0.05) is 39.1 Å². The second-order valence-corrected chi connectivity index (χ2v) is 4.72. The van der Waals surface area contributed by atoms with Crippen molar-refractivity contribution in [3.05, 3.63) is 23.8 Å². The average molecular weight is 232 g/mol. The Balaban J connectivity index is 1.83. The summed E-state index contributed by atoms with van der Waals surface area (Å²) in [4.78, 5) is 0. The van der Waals surface area contributed by atoms with E-state index in [4.69, 9.17) is 9.39 Å². The fraction of sp³-hybridized carbons (Fsp3) is 0.571. The maximum Gasteiger partial charge on any atom is 0.324 e. The fourth-order valence-corrected chi connectivity index (χ4v) is 2.20. The summed E-state index contributed by atoms with van der Waals surface area (Å²) < 4.78 is 11.4. The molecule has 1 heterocycles. The molecule has 0 aromatic heterocycles. The summed E-state index contributed by atoms with van der Waals surface area (Å²) in [7, 11) is 0. The largest absolute Gasteiger partial charge is 0.494 e. The van der Waals surface area contributed by atoms with Crippen LogP contribution >= 0.6 is 0 Å². The van der Waals surface area contributed by atoms with Gasteiger partial charge >= 0.3 is 6.92 Å². The van der Waals surface area contributed by atoms with E-state index in [1.807, 2.05) is 0 Å². The number of benzene rings is 1. The van der Waals surface area contributed by atoms with Crippen LogP contribution in [0.3, 0.4) is 0 Å². The zero-order valence-electron chi connectivity index (χ0n) is 10.9. The molecule has 0 amide bonds. The summed E-state index contributed by atoms with van der Waals surface area (Å²) in [5, 5.41) is 0. The molecular formula is C14H21BO2. The van der Waals surface area contributed by atoms with Gasteiger partial charge in [0.25, 0.3) is 0 Å². The van der Waals surface area contributed by atoms with Crippen molar-refractivity contribution in [2.75, 3.05) is 6.61 Å². The fourth-order valence-electron chi connectivity index (χ4n) is 2.20. The van der Waals surface area contributed by atoms with E-state index in [1.54, 1.807) is 0 Å². The van der Waals surface area contributed by atoms with Crippen molar-refractivity contribution < 1.29 is 9.39 Å². The molecule has 1 aromatic rings. The number of hydrogen-bond acceptors (Lipinski definition) is 2. The molecular weight excluding hydrogens is 211 g/mol. The second-order valence-electron chi connectivity index (χ2n) is 4.72. The maximum absolute atomic E-state index is 5.77. The second kappa shape index (κ2) is 6.11. The Morgan fingerprint density at radius 2 is 2.18 bits per heavy atom. The van der Waals surface area contributed by atoms with E-state index in [9.17, 15) is 0 Å². The minimum Gasteiger partial charge on any atom is -0.494 e. The van der Waals surface area contributed by atoms with Gasteiger partial charge in [0.1, 0.15) is 5.75 Å². The van der Waals surface area contributed by atoms with Crippen LogP contribution in [0, 0.1) is 0 Å². The molecule has 0 saturated heterocycles. The Kier molecular flexibility index (Phi) is 4.49. The van der Waals surface area contributed by atoms with Gasteiger partial charge in [-0.05, 0) is 29.6 Å². The van der Waals surface area contributed by atoms with Gasteiger partial charge in [-0.2, -0.15) is 0 Å². The first-order chi connectivity index (χ1) is 8.31. The molecule has 17 heavy (non-hydrogen) atoms. The molecule has 0 fully saturated rings. The molecule has 0 unspecified atom stereocenters. The van der Waals surface area contributed by atoms with Crippen LogP contribution in [0.4, 0.5) is 0 Å². The van der Waals surface area contributed by atoms with Gasteiger partial charge in [0.2, 0.25) is 0 Å². The molecule has 0 bridgehead atoms. The number of rotatable bonds is 6. The Morgan fingerprint density at radius 3 is 3.00 bits per heavy atom. The summed E-state index contributed by atoms with van der Waals surface area (Å²) >= 11 is 0. The molecule has 0 N–H and O–H groups in total. The van der Waals surface area contributed by atoms with Crippen LogP contribution in [0.5, 0.6) is 5.75 Å². The Bertz CT molecular complexity index is 365. The van der Waals surface area contributed by atoms with Gasteiger partial charge in [-0.3, -0.25) is 0 Å². The normalized spacial score (nSPS) is 13.9. The Hall–Kier alpha value is -0.955. The molecule has 3 heteroatoms. The van der Waals surface area contributed by atoms with Crippen molar-refractivity contribution in [3.8, 4) is 5.75 Å². The SMILES string of the molecule is CCCCCCOc1ccc2c(c1)B(C)OC2. The molecule has 1 aromatic carbocycles. The minimum absolute atomic E-state index is 0.216. The molecule has 1 aliphatic heterocycles. The van der Waals surface area contributed by atoms with Gasteiger partial charge in [0.15, 0.2) is 0 Å². The van der Waals surface area contributed by atoms with Crippen molar-refractivity contribution in [1.29, 1.82) is 0 Å². The quantitative estimate of drug-likeness (QED) is 0.554. The van der Waals surface area contributed by atoms with E-state index in [0.717, 1.165) is 25.4 Å². The maximum atomic E-state index is 5.77. The van der Waals surface area contributed by atoms with Gasteiger partial charge in [-0.25, -0.2) is 0 Å². The zero-order valence-corrected chi connectivity index (χ0v) is 10.9. The number of ether oxygens (including phenoxy) is 1. The zero-order chi connectivity index (χ0) is 12.1. The van der Waals surface area contributed by atoms with Crippen LogP contribution in [0.1, 0.15) is 38.2 Å². The highest BCUT2D eigenvalue weighted by molar-refractivity contribution is 6.67. The highest BCUT2D eigenvalue weighted by Gasteiger charge is 2.23. The van der Waals surface area contributed by atoms with Crippen molar-refractivity contribution >= 4 is 12.4 Å². The van der Waals surface area contributed by atoms with E-state index >= 15 is 0 Å². The van der Waals surface area contributed by atoms with Crippen LogP contribution in [-0.4, -0.2) is 13.5 Å². The third-order valence-electron chi connectivity index (χ3n) is 3.31. The third-order valence-corrected chi connectivity index (χ3v) is 3.31. The molecule has 1 aliphatic rings. The predicted octanol–water partition coefficient (Wildman–Crippen LogP) is 3.00. The Labute approximate surface area is 104 Å². The van der Waals surface area contributed by atoms with E-state index in [-0.39, 0.29) is 6.92 Å². The summed E-state index contributed by atoms with van der Waals surface area (Å²) in [6.45, 7) is 6.11.